The van der Waals surface area contributed by atoms with E-state index in [0.29, 0.717) is 0 Å². The van der Waals surface area contributed by atoms with Crippen LogP contribution in [0.4, 0.5) is 0 Å². The normalized spacial score (nSPS) is 12.2. The zero-order chi connectivity index (χ0) is 32.1. The molecule has 1 aliphatic rings. The summed E-state index contributed by atoms with van der Waals surface area (Å²) >= 11 is 0. The lowest BCUT2D eigenvalue weighted by Gasteiger charge is -2.22. The SMILES string of the molecule is c1ccc(-n2c3ccccc3c3ccc(-c4ccc5c(c4)c4c6cccc7c6c(cc4n5-c4ccccc4)Oc4ccccc4-7)cc32)cc1. The topological polar surface area (TPSA) is 19.1 Å². The van der Waals surface area contributed by atoms with Gasteiger partial charge in [-0.3, -0.25) is 0 Å². The van der Waals surface area contributed by atoms with Gasteiger partial charge in [0.15, 0.2) is 0 Å². The monoisotopic (exact) mass is 624 g/mol. The molecular weight excluding hydrogens is 597 g/mol. The van der Waals surface area contributed by atoms with E-state index in [0.717, 1.165) is 34.0 Å². The summed E-state index contributed by atoms with van der Waals surface area (Å²) in [7, 11) is 0. The molecule has 0 bridgehead atoms. The second-order valence-corrected chi connectivity index (χ2v) is 12.9. The molecular formula is C46H28N2O. The molecule has 2 aromatic heterocycles. The minimum Gasteiger partial charge on any atom is -0.456 e. The zero-order valence-corrected chi connectivity index (χ0v) is 26.5. The maximum atomic E-state index is 6.64. The second kappa shape index (κ2) is 9.96. The number of nitrogens with zero attached hydrogens (tertiary/aromatic N) is 2. The number of ether oxygens (including phenoxy) is 1. The number of hydrogen-bond donors (Lipinski definition) is 0. The number of para-hydroxylation sites is 4. The fraction of sp³-hybridized carbons (Fsp3) is 0. The first-order valence-corrected chi connectivity index (χ1v) is 16.8. The molecule has 0 atom stereocenters. The van der Waals surface area contributed by atoms with Crippen molar-refractivity contribution in [2.45, 2.75) is 0 Å². The molecule has 1 aliphatic heterocycles. The van der Waals surface area contributed by atoms with E-state index in [1.807, 2.05) is 6.07 Å². The molecule has 228 valence electrons. The number of aromatic nitrogens is 2. The van der Waals surface area contributed by atoms with Crippen LogP contribution >= 0.6 is 0 Å². The van der Waals surface area contributed by atoms with Crippen LogP contribution < -0.4 is 4.74 Å². The van der Waals surface area contributed by atoms with E-state index in [1.54, 1.807) is 0 Å². The smallest absolute Gasteiger partial charge is 0.138 e. The van der Waals surface area contributed by atoms with Gasteiger partial charge in [0.1, 0.15) is 11.5 Å². The average molecular weight is 625 g/mol. The summed E-state index contributed by atoms with van der Waals surface area (Å²) in [5.74, 6) is 1.80. The summed E-state index contributed by atoms with van der Waals surface area (Å²) in [6.07, 6.45) is 0. The van der Waals surface area contributed by atoms with Crippen molar-refractivity contribution in [1.29, 1.82) is 0 Å². The molecule has 0 radical (unpaired) electrons. The largest absolute Gasteiger partial charge is 0.456 e. The van der Waals surface area contributed by atoms with Gasteiger partial charge in [0, 0.05) is 49.9 Å². The van der Waals surface area contributed by atoms with Crippen molar-refractivity contribution in [1.82, 2.24) is 9.13 Å². The molecule has 0 aliphatic carbocycles. The number of benzene rings is 8. The summed E-state index contributed by atoms with van der Waals surface area (Å²) in [5, 5.41) is 7.35. The highest BCUT2D eigenvalue weighted by molar-refractivity contribution is 6.26. The van der Waals surface area contributed by atoms with E-state index < -0.39 is 0 Å². The maximum Gasteiger partial charge on any atom is 0.138 e. The van der Waals surface area contributed by atoms with E-state index in [9.17, 15) is 0 Å². The van der Waals surface area contributed by atoms with Crippen molar-refractivity contribution in [3.8, 4) is 45.1 Å². The third kappa shape index (κ3) is 3.73. The Hall–Kier alpha value is -6.58. The Labute approximate surface area is 282 Å². The molecule has 0 saturated carbocycles. The van der Waals surface area contributed by atoms with Gasteiger partial charge >= 0.3 is 0 Å². The van der Waals surface area contributed by atoms with Gasteiger partial charge < -0.3 is 13.9 Å². The van der Waals surface area contributed by atoms with Crippen LogP contribution in [0.15, 0.2) is 170 Å². The van der Waals surface area contributed by atoms with Crippen molar-refractivity contribution in [3.63, 3.8) is 0 Å². The van der Waals surface area contributed by atoms with Crippen LogP contribution in [0, 0.1) is 0 Å². The average Bonchev–Trinajstić information content (AvgIpc) is 3.67. The minimum absolute atomic E-state index is 0.898. The Bertz CT molecular complexity index is 2950. The van der Waals surface area contributed by atoms with Gasteiger partial charge in [-0.25, -0.2) is 0 Å². The van der Waals surface area contributed by atoms with Gasteiger partial charge in [0.2, 0.25) is 0 Å². The number of fused-ring (bicyclic) bond motifs is 9. The van der Waals surface area contributed by atoms with Gasteiger partial charge in [0.25, 0.3) is 0 Å². The Morgan fingerprint density at radius 1 is 0.327 bits per heavy atom. The molecule has 0 spiro atoms. The van der Waals surface area contributed by atoms with Crippen LogP contribution in [0.3, 0.4) is 0 Å². The summed E-state index contributed by atoms with van der Waals surface area (Å²) in [6.45, 7) is 0. The molecule has 0 N–H and O–H groups in total. The predicted octanol–water partition coefficient (Wildman–Crippen LogP) is 12.5. The molecule has 8 aromatic carbocycles. The van der Waals surface area contributed by atoms with E-state index in [-0.39, 0.29) is 0 Å². The van der Waals surface area contributed by atoms with Crippen LogP contribution in [0.25, 0.3) is 88.0 Å². The molecule has 10 aromatic rings. The third-order valence-electron chi connectivity index (χ3n) is 10.3. The third-order valence-corrected chi connectivity index (χ3v) is 10.3. The van der Waals surface area contributed by atoms with Crippen molar-refractivity contribution in [2.24, 2.45) is 0 Å². The fourth-order valence-corrected chi connectivity index (χ4v) is 8.19. The molecule has 3 nitrogen and oxygen atoms in total. The van der Waals surface area contributed by atoms with Crippen LogP contribution in [-0.4, -0.2) is 9.13 Å². The standard InChI is InChI=1S/C46H28N2O/c1-3-12-31(13-4-1)47-39-20-9-7-16-33(39)34-24-22-30(27-41(34)47)29-23-25-40-38(26-29)45-37-19-11-18-36-35-17-8-10-21-43(35)49-44(46(36)37)28-42(45)48(40)32-14-5-2-6-15-32/h1-28H. The first-order chi connectivity index (χ1) is 24.3. The zero-order valence-electron chi connectivity index (χ0n) is 26.5. The Morgan fingerprint density at radius 3 is 1.78 bits per heavy atom. The predicted molar refractivity (Wildman–Crippen MR) is 204 cm³/mol. The Kier molecular flexibility index (Phi) is 5.38. The minimum atomic E-state index is 0.898. The highest BCUT2D eigenvalue weighted by Gasteiger charge is 2.25. The van der Waals surface area contributed by atoms with Crippen LogP contribution in [0.1, 0.15) is 0 Å². The van der Waals surface area contributed by atoms with Crippen molar-refractivity contribution in [2.75, 3.05) is 0 Å². The van der Waals surface area contributed by atoms with Crippen molar-refractivity contribution < 1.29 is 4.74 Å². The van der Waals surface area contributed by atoms with Crippen molar-refractivity contribution >= 4 is 54.4 Å². The summed E-state index contributed by atoms with van der Waals surface area (Å²) in [4.78, 5) is 0. The summed E-state index contributed by atoms with van der Waals surface area (Å²) in [5.41, 5.74) is 11.7. The van der Waals surface area contributed by atoms with E-state index in [4.69, 9.17) is 4.74 Å². The molecule has 11 rings (SSSR count). The van der Waals surface area contributed by atoms with Gasteiger partial charge in [-0.15, -0.1) is 0 Å². The first kappa shape index (κ1) is 26.5. The highest BCUT2D eigenvalue weighted by atomic mass is 16.5. The van der Waals surface area contributed by atoms with Gasteiger partial charge in [-0.1, -0.05) is 109 Å². The maximum absolute atomic E-state index is 6.64. The van der Waals surface area contributed by atoms with E-state index >= 15 is 0 Å². The lowest BCUT2D eigenvalue weighted by molar-refractivity contribution is 0.487. The van der Waals surface area contributed by atoms with Gasteiger partial charge in [-0.05, 0) is 76.7 Å². The quantitative estimate of drug-likeness (QED) is 0.191. The lowest BCUT2D eigenvalue weighted by atomic mass is 9.92. The second-order valence-electron chi connectivity index (χ2n) is 12.9. The molecule has 0 fully saturated rings. The van der Waals surface area contributed by atoms with E-state index in [2.05, 4.69) is 173 Å². The van der Waals surface area contributed by atoms with Gasteiger partial charge in [-0.2, -0.15) is 0 Å². The van der Waals surface area contributed by atoms with Crippen molar-refractivity contribution in [3.05, 3.63) is 170 Å². The number of rotatable bonds is 3. The first-order valence-electron chi connectivity index (χ1n) is 16.8. The van der Waals surface area contributed by atoms with Crippen LogP contribution in [0.5, 0.6) is 11.5 Å². The molecule has 3 heteroatoms. The summed E-state index contributed by atoms with van der Waals surface area (Å²) < 4.78 is 11.4. The van der Waals surface area contributed by atoms with Crippen LogP contribution in [0.2, 0.25) is 0 Å². The highest BCUT2D eigenvalue weighted by Crippen LogP contribution is 2.50. The molecule has 3 heterocycles. The Balaban J connectivity index is 1.21. The molecule has 0 unspecified atom stereocenters. The number of hydrogen-bond acceptors (Lipinski definition) is 1. The van der Waals surface area contributed by atoms with Crippen LogP contribution in [-0.2, 0) is 0 Å². The Morgan fingerprint density at radius 2 is 0.939 bits per heavy atom. The fourth-order valence-electron chi connectivity index (χ4n) is 8.19. The summed E-state index contributed by atoms with van der Waals surface area (Å²) in [6, 6.07) is 61.2. The molecule has 0 saturated heterocycles. The molecule has 0 amide bonds. The van der Waals surface area contributed by atoms with Gasteiger partial charge in [0.05, 0.1) is 22.1 Å². The molecule has 49 heavy (non-hydrogen) atoms. The lowest BCUT2D eigenvalue weighted by Crippen LogP contribution is -1.98. The van der Waals surface area contributed by atoms with E-state index in [1.165, 1.54) is 65.6 Å².